The van der Waals surface area contributed by atoms with Crippen LogP contribution in [0.3, 0.4) is 0 Å². The first-order chi connectivity index (χ1) is 10.1. The summed E-state index contributed by atoms with van der Waals surface area (Å²) >= 11 is 0. The summed E-state index contributed by atoms with van der Waals surface area (Å²) in [6, 6.07) is 4.45. The number of carbonyl (C=O) groups excluding carboxylic acids is 1. The highest BCUT2D eigenvalue weighted by atomic mass is 16.6. The van der Waals surface area contributed by atoms with Gasteiger partial charge in [-0.2, -0.15) is 0 Å². The first-order valence-electron chi connectivity index (χ1n) is 6.65. The minimum Gasteiger partial charge on any atom is -0.478 e. The van der Waals surface area contributed by atoms with Gasteiger partial charge in [0.2, 0.25) is 0 Å². The second kappa shape index (κ2) is 7.05. The predicted molar refractivity (Wildman–Crippen MR) is 75.7 cm³/mol. The molecule has 114 valence electrons. The van der Waals surface area contributed by atoms with Crippen molar-refractivity contribution in [2.24, 2.45) is 0 Å². The number of hydrogen-bond acceptors (Lipinski definition) is 4. The Kier molecular flexibility index (Phi) is 5.13. The van der Waals surface area contributed by atoms with Gasteiger partial charge in [-0.15, -0.1) is 0 Å². The van der Waals surface area contributed by atoms with Crippen molar-refractivity contribution >= 4 is 17.7 Å². The van der Waals surface area contributed by atoms with Crippen molar-refractivity contribution in [2.45, 2.75) is 13.0 Å². The fourth-order valence-electron chi connectivity index (χ4n) is 2.08. The van der Waals surface area contributed by atoms with Gasteiger partial charge in [-0.3, -0.25) is 0 Å². The predicted octanol–water partition coefficient (Wildman–Crippen LogP) is 1.23. The number of ether oxygens (including phenoxy) is 2. The van der Waals surface area contributed by atoms with Crippen LogP contribution in [0.4, 0.5) is 10.5 Å². The molecule has 2 rings (SSSR count). The molecule has 1 aromatic carbocycles. The third kappa shape index (κ3) is 4.17. The Morgan fingerprint density at radius 2 is 2.19 bits per heavy atom. The summed E-state index contributed by atoms with van der Waals surface area (Å²) in [7, 11) is 0. The van der Waals surface area contributed by atoms with Gasteiger partial charge >= 0.3 is 12.0 Å². The molecule has 0 aromatic heterocycles. The van der Waals surface area contributed by atoms with Crippen molar-refractivity contribution in [1.29, 1.82) is 0 Å². The second-order valence-electron chi connectivity index (χ2n) is 4.71. The molecule has 21 heavy (non-hydrogen) atoms. The van der Waals surface area contributed by atoms with Crippen LogP contribution in [0, 0.1) is 6.92 Å². The molecule has 1 saturated heterocycles. The molecule has 0 aliphatic carbocycles. The Balaban J connectivity index is 1.93. The molecule has 1 aromatic rings. The van der Waals surface area contributed by atoms with E-state index in [9.17, 15) is 14.7 Å². The van der Waals surface area contributed by atoms with E-state index in [0.717, 1.165) is 0 Å². The molecule has 0 spiro atoms. The molecule has 1 heterocycles. The Labute approximate surface area is 122 Å². The van der Waals surface area contributed by atoms with E-state index in [0.29, 0.717) is 31.9 Å². The van der Waals surface area contributed by atoms with Gasteiger partial charge in [-0.25, -0.2) is 9.59 Å². The van der Waals surface area contributed by atoms with E-state index in [-0.39, 0.29) is 17.4 Å². The molecule has 7 nitrogen and oxygen atoms in total. The van der Waals surface area contributed by atoms with Crippen LogP contribution in [0.25, 0.3) is 0 Å². The first-order valence-corrected chi connectivity index (χ1v) is 6.65. The smallest absolute Gasteiger partial charge is 0.338 e. The van der Waals surface area contributed by atoms with Crippen LogP contribution < -0.4 is 10.6 Å². The fraction of sp³-hybridized carbons (Fsp3) is 0.429. The molecule has 0 bridgehead atoms. The van der Waals surface area contributed by atoms with Crippen molar-refractivity contribution in [3.8, 4) is 0 Å². The van der Waals surface area contributed by atoms with E-state index in [4.69, 9.17) is 9.47 Å². The van der Waals surface area contributed by atoms with E-state index in [2.05, 4.69) is 10.6 Å². The average Bonchev–Trinajstić information content (AvgIpc) is 2.46. The van der Waals surface area contributed by atoms with Gasteiger partial charge in [0, 0.05) is 6.54 Å². The van der Waals surface area contributed by atoms with E-state index in [1.165, 1.54) is 0 Å². The molecule has 0 radical (unpaired) electrons. The number of anilines is 1. The molecular formula is C14H18N2O5. The number of aromatic carboxylic acids is 1. The minimum atomic E-state index is -1.08. The maximum absolute atomic E-state index is 11.8. The number of urea groups is 1. The number of benzene rings is 1. The molecule has 1 unspecified atom stereocenters. The van der Waals surface area contributed by atoms with E-state index < -0.39 is 12.0 Å². The van der Waals surface area contributed by atoms with E-state index in [1.807, 2.05) is 0 Å². The number of carboxylic acid groups (broad SMARTS) is 1. The molecule has 7 heteroatoms. The van der Waals surface area contributed by atoms with Crippen LogP contribution in [-0.4, -0.2) is 49.6 Å². The number of hydrogen-bond donors (Lipinski definition) is 3. The summed E-state index contributed by atoms with van der Waals surface area (Å²) in [5, 5.41) is 14.4. The maximum Gasteiger partial charge on any atom is 0.338 e. The monoisotopic (exact) mass is 294 g/mol. The van der Waals surface area contributed by atoms with Gasteiger partial charge in [-0.05, 0) is 18.6 Å². The zero-order chi connectivity index (χ0) is 15.2. The first kappa shape index (κ1) is 15.3. The molecule has 2 amide bonds. The standard InChI is InChI=1S/C14H18N2O5/c1-9-3-2-4-11(12(9)13(17)18)16-14(19)15-7-10-8-20-5-6-21-10/h2-4,10H,5-8H2,1H3,(H,17,18)(H2,15,16,19). The van der Waals surface area contributed by atoms with Crippen molar-refractivity contribution in [3.05, 3.63) is 29.3 Å². The number of aryl methyl sites for hydroxylation is 1. The maximum atomic E-state index is 11.8. The lowest BCUT2D eigenvalue weighted by Crippen LogP contribution is -2.41. The molecule has 0 saturated carbocycles. The number of rotatable bonds is 4. The van der Waals surface area contributed by atoms with Gasteiger partial charge in [-0.1, -0.05) is 12.1 Å². The number of carboxylic acids is 1. The zero-order valence-corrected chi connectivity index (χ0v) is 11.7. The summed E-state index contributed by atoms with van der Waals surface area (Å²) in [4.78, 5) is 23.1. The van der Waals surface area contributed by atoms with E-state index >= 15 is 0 Å². The van der Waals surface area contributed by atoms with Crippen molar-refractivity contribution in [3.63, 3.8) is 0 Å². The summed E-state index contributed by atoms with van der Waals surface area (Å²) < 4.78 is 10.6. The fourth-order valence-corrected chi connectivity index (χ4v) is 2.08. The highest BCUT2D eigenvalue weighted by molar-refractivity contribution is 6.01. The van der Waals surface area contributed by atoms with Crippen LogP contribution >= 0.6 is 0 Å². The second-order valence-corrected chi connectivity index (χ2v) is 4.71. The lowest BCUT2D eigenvalue weighted by atomic mass is 10.1. The third-order valence-electron chi connectivity index (χ3n) is 3.11. The summed E-state index contributed by atoms with van der Waals surface area (Å²) in [6.07, 6.45) is -0.180. The Morgan fingerprint density at radius 3 is 2.86 bits per heavy atom. The molecule has 1 atom stereocenters. The van der Waals surface area contributed by atoms with Crippen molar-refractivity contribution in [1.82, 2.24) is 5.32 Å². The minimum absolute atomic E-state index is 0.0879. The molecule has 1 aliphatic rings. The van der Waals surface area contributed by atoms with Gasteiger partial charge in [0.1, 0.15) is 0 Å². The lowest BCUT2D eigenvalue weighted by Gasteiger charge is -2.23. The highest BCUT2D eigenvalue weighted by Gasteiger charge is 2.17. The molecule has 1 aliphatic heterocycles. The SMILES string of the molecule is Cc1cccc(NC(=O)NCC2COCCO2)c1C(=O)O. The van der Waals surface area contributed by atoms with Crippen LogP contribution in [0.15, 0.2) is 18.2 Å². The number of nitrogens with one attached hydrogen (secondary N) is 2. The highest BCUT2D eigenvalue weighted by Crippen LogP contribution is 2.19. The molecule has 1 fully saturated rings. The quantitative estimate of drug-likeness (QED) is 0.776. The largest absolute Gasteiger partial charge is 0.478 e. The van der Waals surface area contributed by atoms with Crippen LogP contribution in [0.5, 0.6) is 0 Å². The van der Waals surface area contributed by atoms with Crippen molar-refractivity contribution < 1.29 is 24.2 Å². The molecule has 3 N–H and O–H groups in total. The van der Waals surface area contributed by atoms with Gasteiger partial charge in [0.25, 0.3) is 0 Å². The van der Waals surface area contributed by atoms with E-state index in [1.54, 1.807) is 25.1 Å². The lowest BCUT2D eigenvalue weighted by molar-refractivity contribution is -0.0852. The Bertz CT molecular complexity index is 526. The summed E-state index contributed by atoms with van der Waals surface area (Å²) in [5.74, 6) is -1.08. The summed E-state index contributed by atoms with van der Waals surface area (Å²) in [6.45, 7) is 3.49. The number of carbonyl (C=O) groups is 2. The van der Waals surface area contributed by atoms with Gasteiger partial charge < -0.3 is 25.2 Å². The average molecular weight is 294 g/mol. The number of amides is 2. The summed E-state index contributed by atoms with van der Waals surface area (Å²) in [5.41, 5.74) is 0.940. The van der Waals surface area contributed by atoms with Gasteiger partial charge in [0.05, 0.1) is 37.2 Å². The third-order valence-corrected chi connectivity index (χ3v) is 3.11. The van der Waals surface area contributed by atoms with Gasteiger partial charge in [0.15, 0.2) is 0 Å². The van der Waals surface area contributed by atoms with Crippen LogP contribution in [0.2, 0.25) is 0 Å². The van der Waals surface area contributed by atoms with Crippen molar-refractivity contribution in [2.75, 3.05) is 31.7 Å². The normalized spacial score (nSPS) is 18.0. The zero-order valence-electron chi connectivity index (χ0n) is 11.7. The molecular weight excluding hydrogens is 276 g/mol. The Morgan fingerprint density at radius 1 is 1.38 bits per heavy atom. The van der Waals surface area contributed by atoms with Crippen LogP contribution in [0.1, 0.15) is 15.9 Å². The van der Waals surface area contributed by atoms with Crippen LogP contribution in [-0.2, 0) is 9.47 Å². The Hall–Kier alpha value is -2.12. The topological polar surface area (TPSA) is 96.9 Å².